The summed E-state index contributed by atoms with van der Waals surface area (Å²) in [5.74, 6) is 0.630. The number of amides is 3. The van der Waals surface area contributed by atoms with Crippen LogP contribution in [-0.2, 0) is 9.59 Å². The van der Waals surface area contributed by atoms with Crippen molar-refractivity contribution >= 4 is 57.7 Å². The molecule has 0 saturated carbocycles. The van der Waals surface area contributed by atoms with Gasteiger partial charge < -0.3 is 30.2 Å². The Bertz CT molecular complexity index is 2260. The summed E-state index contributed by atoms with van der Waals surface area (Å²) >= 11 is 2.70. The Labute approximate surface area is 321 Å². The maximum absolute atomic E-state index is 13.8. The van der Waals surface area contributed by atoms with E-state index in [-0.39, 0.29) is 11.6 Å². The Hall–Kier alpha value is -6.37. The lowest BCUT2D eigenvalue weighted by Gasteiger charge is -2.17. The Morgan fingerprint density at radius 1 is 0.741 bits per heavy atom. The van der Waals surface area contributed by atoms with Crippen LogP contribution < -0.4 is 30.2 Å². The van der Waals surface area contributed by atoms with Crippen molar-refractivity contribution in [2.24, 2.45) is 0 Å². The van der Waals surface area contributed by atoms with E-state index in [1.807, 2.05) is 78.2 Å². The molecule has 5 aromatic carbocycles. The molecule has 0 spiro atoms. The lowest BCUT2D eigenvalue weighted by Crippen LogP contribution is -2.30. The van der Waals surface area contributed by atoms with Crippen LogP contribution in [0.5, 0.6) is 17.2 Å². The van der Waals surface area contributed by atoms with Gasteiger partial charge in [0.1, 0.15) is 16.7 Å². The predicted octanol–water partition coefficient (Wildman–Crippen LogP) is 8.72. The van der Waals surface area contributed by atoms with E-state index in [1.54, 1.807) is 82.0 Å². The number of nitrogens with one attached hydrogen (secondary N) is 3. The Morgan fingerprint density at radius 2 is 1.46 bits per heavy atom. The third kappa shape index (κ3) is 9.54. The molecule has 3 amide bonds. The molecular weight excluding hydrogens is 721 g/mol. The third-order valence-electron chi connectivity index (χ3n) is 8.05. The van der Waals surface area contributed by atoms with Gasteiger partial charge in [-0.1, -0.05) is 60.7 Å². The first kappa shape index (κ1) is 37.4. The third-order valence-corrected chi connectivity index (χ3v) is 10.1. The van der Waals surface area contributed by atoms with Gasteiger partial charge in [-0.25, -0.2) is 4.98 Å². The minimum absolute atomic E-state index is 0.0489. The van der Waals surface area contributed by atoms with Crippen LogP contribution >= 0.6 is 23.1 Å². The topological polar surface area (TPSA) is 128 Å². The molecule has 3 N–H and O–H groups in total. The molecule has 272 valence electrons. The van der Waals surface area contributed by atoms with Crippen molar-refractivity contribution in [1.29, 1.82) is 0 Å². The average Bonchev–Trinajstić information content (AvgIpc) is 3.69. The van der Waals surface area contributed by atoms with Crippen molar-refractivity contribution in [3.63, 3.8) is 0 Å². The molecule has 0 aliphatic carbocycles. The summed E-state index contributed by atoms with van der Waals surface area (Å²) in [6, 6.07) is 38.0. The molecule has 0 bridgehead atoms. The van der Waals surface area contributed by atoms with E-state index in [4.69, 9.17) is 14.2 Å². The number of hydrogen-bond acceptors (Lipinski definition) is 9. The smallest absolute Gasteiger partial charge is 0.272 e. The van der Waals surface area contributed by atoms with E-state index in [0.717, 1.165) is 16.0 Å². The lowest BCUT2D eigenvalue weighted by molar-refractivity contribution is -0.116. The lowest BCUT2D eigenvalue weighted by atomic mass is 10.1. The van der Waals surface area contributed by atoms with Crippen LogP contribution in [0.15, 0.2) is 143 Å². The van der Waals surface area contributed by atoms with Gasteiger partial charge in [0.05, 0.1) is 27.0 Å². The molecule has 1 unspecified atom stereocenters. The second-order valence-electron chi connectivity index (χ2n) is 11.6. The van der Waals surface area contributed by atoms with Crippen molar-refractivity contribution in [2.75, 3.05) is 32.0 Å². The predicted molar refractivity (Wildman–Crippen MR) is 214 cm³/mol. The minimum Gasteiger partial charge on any atom is -0.497 e. The van der Waals surface area contributed by atoms with Gasteiger partial charge in [-0.15, -0.1) is 23.1 Å². The number of hydrogen-bond donors (Lipinski definition) is 3. The fourth-order valence-corrected chi connectivity index (χ4v) is 7.07. The summed E-state index contributed by atoms with van der Waals surface area (Å²) in [6.07, 6.45) is 1.59. The van der Waals surface area contributed by atoms with Crippen molar-refractivity contribution < 1.29 is 28.6 Å². The minimum atomic E-state index is -0.606. The van der Waals surface area contributed by atoms with E-state index in [0.29, 0.717) is 44.9 Å². The Kier molecular flexibility index (Phi) is 12.4. The van der Waals surface area contributed by atoms with Gasteiger partial charge in [0, 0.05) is 27.1 Å². The highest BCUT2D eigenvalue weighted by Gasteiger charge is 2.24. The van der Waals surface area contributed by atoms with Crippen LogP contribution in [0.2, 0.25) is 0 Å². The summed E-state index contributed by atoms with van der Waals surface area (Å²) in [6.45, 7) is 0. The molecule has 0 aliphatic heterocycles. The summed E-state index contributed by atoms with van der Waals surface area (Å²) in [7, 11) is 4.71. The number of nitrogens with zero attached hydrogens (tertiary/aromatic N) is 1. The highest BCUT2D eigenvalue weighted by molar-refractivity contribution is 8.00. The van der Waals surface area contributed by atoms with Gasteiger partial charge >= 0.3 is 0 Å². The number of aromatic nitrogens is 1. The molecule has 10 nitrogen and oxygen atoms in total. The van der Waals surface area contributed by atoms with Crippen molar-refractivity contribution in [1.82, 2.24) is 10.3 Å². The van der Waals surface area contributed by atoms with E-state index >= 15 is 0 Å². The first-order valence-electron chi connectivity index (χ1n) is 16.7. The maximum Gasteiger partial charge on any atom is 0.272 e. The van der Waals surface area contributed by atoms with E-state index in [9.17, 15) is 14.4 Å². The summed E-state index contributed by atoms with van der Waals surface area (Å²) in [5.41, 5.74) is 3.96. The largest absolute Gasteiger partial charge is 0.497 e. The number of methoxy groups -OCH3 is 3. The Morgan fingerprint density at radius 3 is 2.17 bits per heavy atom. The summed E-state index contributed by atoms with van der Waals surface area (Å²) < 4.78 is 16.1. The second-order valence-corrected chi connectivity index (χ2v) is 13.7. The fraction of sp³-hybridized carbons (Fsp3) is 0.0952. The quantitative estimate of drug-likeness (QED) is 0.0744. The van der Waals surface area contributed by atoms with Crippen LogP contribution in [0.4, 0.5) is 10.8 Å². The number of anilines is 2. The monoisotopic (exact) mass is 756 g/mol. The van der Waals surface area contributed by atoms with E-state index in [2.05, 4.69) is 20.9 Å². The number of thiazole rings is 1. The molecular formula is C42H36N4O6S2. The summed E-state index contributed by atoms with van der Waals surface area (Å²) in [5, 5.41) is 10.4. The van der Waals surface area contributed by atoms with Gasteiger partial charge in [-0.3, -0.25) is 14.4 Å². The van der Waals surface area contributed by atoms with Crippen LogP contribution in [0.1, 0.15) is 26.7 Å². The highest BCUT2D eigenvalue weighted by Crippen LogP contribution is 2.38. The van der Waals surface area contributed by atoms with Gasteiger partial charge in [0.25, 0.3) is 11.8 Å². The molecule has 1 heterocycles. The molecule has 1 atom stereocenters. The molecule has 0 aliphatic rings. The van der Waals surface area contributed by atoms with Crippen LogP contribution in [0.3, 0.4) is 0 Å². The standard InChI is InChI=1S/C42H36N4O6S2/c1-50-32-16-10-11-27(23-32)24-34(44-39(47)29-14-8-5-9-15-29)40(48)43-31-18-20-33(21-19-31)54-38(28-12-6-4-7-13-28)41(49)46-42-45-35(26-53-42)30-17-22-36(51-2)37(25-30)52-3/h4-26,38H,1-3H3,(H,43,48)(H,44,47)(H,45,46,49)/b34-24-. The number of thioether (sulfide) groups is 1. The molecule has 6 rings (SSSR count). The molecule has 6 aromatic rings. The molecule has 0 saturated heterocycles. The molecule has 54 heavy (non-hydrogen) atoms. The normalized spacial score (nSPS) is 11.6. The first-order chi connectivity index (χ1) is 26.3. The summed E-state index contributed by atoms with van der Waals surface area (Å²) in [4.78, 5) is 45.9. The van der Waals surface area contributed by atoms with Crippen LogP contribution in [0, 0.1) is 0 Å². The van der Waals surface area contributed by atoms with E-state index < -0.39 is 17.1 Å². The number of ether oxygens (including phenoxy) is 3. The van der Waals surface area contributed by atoms with Gasteiger partial charge in [-0.05, 0) is 83.9 Å². The first-order valence-corrected chi connectivity index (χ1v) is 18.4. The SMILES string of the molecule is COc1cccc(/C=C(\NC(=O)c2ccccc2)C(=O)Nc2ccc(SC(C(=O)Nc3nc(-c4ccc(OC)c(OC)c4)cs3)c3ccccc3)cc2)c1. The molecule has 0 fully saturated rings. The van der Waals surface area contributed by atoms with Crippen molar-refractivity contribution in [3.8, 4) is 28.5 Å². The zero-order chi connectivity index (χ0) is 37.9. The Balaban J connectivity index is 1.17. The van der Waals surface area contributed by atoms with Crippen molar-refractivity contribution in [3.05, 3.63) is 155 Å². The highest BCUT2D eigenvalue weighted by atomic mass is 32.2. The van der Waals surface area contributed by atoms with Crippen LogP contribution in [0.25, 0.3) is 17.3 Å². The number of carbonyl (C=O) groups excluding carboxylic acids is 3. The molecule has 12 heteroatoms. The number of benzene rings is 5. The van der Waals surface area contributed by atoms with Crippen molar-refractivity contribution in [2.45, 2.75) is 10.1 Å². The molecule has 0 radical (unpaired) electrons. The zero-order valence-electron chi connectivity index (χ0n) is 29.6. The van der Waals surface area contributed by atoms with Crippen LogP contribution in [-0.4, -0.2) is 44.0 Å². The van der Waals surface area contributed by atoms with E-state index in [1.165, 1.54) is 23.1 Å². The van der Waals surface area contributed by atoms with Gasteiger partial charge in [0.2, 0.25) is 5.91 Å². The zero-order valence-corrected chi connectivity index (χ0v) is 31.2. The number of rotatable bonds is 14. The maximum atomic E-state index is 13.8. The molecule has 1 aromatic heterocycles. The average molecular weight is 757 g/mol. The fourth-order valence-electron chi connectivity index (χ4n) is 5.32. The second kappa shape index (κ2) is 17.9. The van der Waals surface area contributed by atoms with Gasteiger partial charge in [-0.2, -0.15) is 0 Å². The van der Waals surface area contributed by atoms with Gasteiger partial charge in [0.15, 0.2) is 16.6 Å². The number of carbonyl (C=O) groups is 3.